The van der Waals surface area contributed by atoms with Crippen LogP contribution in [0.1, 0.15) is 23.1 Å². The SMILES string of the molecule is Cc1ccc(C)c(S(=O)(=O)NCCC(=O)NCc2ccccc2OC(F)(F)F)c1. The lowest BCUT2D eigenvalue weighted by molar-refractivity contribution is -0.274. The zero-order valence-corrected chi connectivity index (χ0v) is 16.7. The van der Waals surface area contributed by atoms with Gasteiger partial charge in [-0.3, -0.25) is 4.79 Å². The fourth-order valence-corrected chi connectivity index (χ4v) is 3.89. The van der Waals surface area contributed by atoms with Gasteiger partial charge >= 0.3 is 6.36 Å². The van der Waals surface area contributed by atoms with Gasteiger partial charge in [-0.15, -0.1) is 13.2 Å². The van der Waals surface area contributed by atoms with E-state index in [9.17, 15) is 26.4 Å². The molecular weight excluding hydrogens is 409 g/mol. The van der Waals surface area contributed by atoms with E-state index < -0.39 is 28.0 Å². The standard InChI is InChI=1S/C19H21F3N2O4S/c1-13-7-8-14(2)17(11-13)29(26,27)24-10-9-18(25)23-12-15-5-3-4-6-16(15)28-19(20,21)22/h3-8,11,24H,9-10,12H2,1-2H3,(H,23,25). The van der Waals surface area contributed by atoms with Crippen molar-refractivity contribution < 1.29 is 31.1 Å². The third kappa shape index (κ3) is 7.06. The van der Waals surface area contributed by atoms with Crippen molar-refractivity contribution in [2.45, 2.75) is 38.1 Å². The van der Waals surface area contributed by atoms with Crippen LogP contribution in [0, 0.1) is 13.8 Å². The summed E-state index contributed by atoms with van der Waals surface area (Å²) in [6.45, 7) is 3.10. The Morgan fingerprint density at radius 2 is 1.79 bits per heavy atom. The summed E-state index contributed by atoms with van der Waals surface area (Å²) in [5, 5.41) is 2.45. The molecule has 158 valence electrons. The largest absolute Gasteiger partial charge is 0.573 e. The van der Waals surface area contributed by atoms with Crippen LogP contribution < -0.4 is 14.8 Å². The van der Waals surface area contributed by atoms with Crippen LogP contribution in [-0.4, -0.2) is 27.2 Å². The number of rotatable bonds is 8. The fraction of sp³-hybridized carbons (Fsp3) is 0.316. The van der Waals surface area contributed by atoms with Crippen LogP contribution in [0.15, 0.2) is 47.4 Å². The molecule has 2 aromatic carbocycles. The second-order valence-electron chi connectivity index (χ2n) is 6.35. The van der Waals surface area contributed by atoms with Crippen molar-refractivity contribution in [3.63, 3.8) is 0 Å². The Hall–Kier alpha value is -2.59. The number of para-hydroxylation sites is 1. The van der Waals surface area contributed by atoms with Crippen LogP contribution in [0.25, 0.3) is 0 Å². The summed E-state index contributed by atoms with van der Waals surface area (Å²) in [7, 11) is -3.78. The summed E-state index contributed by atoms with van der Waals surface area (Å²) in [4.78, 5) is 12.1. The van der Waals surface area contributed by atoms with Gasteiger partial charge in [0.25, 0.3) is 0 Å². The normalized spacial score (nSPS) is 11.9. The maximum absolute atomic E-state index is 12.4. The van der Waals surface area contributed by atoms with Crippen LogP contribution in [-0.2, 0) is 21.4 Å². The number of carbonyl (C=O) groups is 1. The van der Waals surface area contributed by atoms with Crippen LogP contribution >= 0.6 is 0 Å². The summed E-state index contributed by atoms with van der Waals surface area (Å²) in [6.07, 6.45) is -5.02. The van der Waals surface area contributed by atoms with Gasteiger partial charge in [0.15, 0.2) is 0 Å². The molecule has 0 aliphatic rings. The molecule has 0 fully saturated rings. The first-order chi connectivity index (χ1) is 13.5. The van der Waals surface area contributed by atoms with Gasteiger partial charge in [-0.25, -0.2) is 13.1 Å². The van der Waals surface area contributed by atoms with Gasteiger partial charge in [-0.05, 0) is 37.1 Å². The van der Waals surface area contributed by atoms with E-state index in [4.69, 9.17) is 0 Å². The van der Waals surface area contributed by atoms with Gasteiger partial charge in [0.05, 0.1) is 4.90 Å². The molecule has 10 heteroatoms. The van der Waals surface area contributed by atoms with E-state index in [1.54, 1.807) is 26.0 Å². The van der Waals surface area contributed by atoms with Crippen molar-refractivity contribution in [3.8, 4) is 5.75 Å². The lowest BCUT2D eigenvalue weighted by Crippen LogP contribution is -2.31. The van der Waals surface area contributed by atoms with Crippen LogP contribution in [0.5, 0.6) is 5.75 Å². The number of halogens is 3. The number of nitrogens with one attached hydrogen (secondary N) is 2. The molecule has 0 spiro atoms. The van der Waals surface area contributed by atoms with E-state index in [0.717, 1.165) is 11.6 Å². The number of benzene rings is 2. The molecule has 0 bridgehead atoms. The lowest BCUT2D eigenvalue weighted by Gasteiger charge is -2.14. The second-order valence-corrected chi connectivity index (χ2v) is 8.08. The summed E-state index contributed by atoms with van der Waals surface area (Å²) < 4.78 is 68.3. The molecule has 0 atom stereocenters. The number of hydrogen-bond donors (Lipinski definition) is 2. The van der Waals surface area contributed by atoms with E-state index in [-0.39, 0.29) is 30.0 Å². The van der Waals surface area contributed by atoms with Crippen molar-refractivity contribution in [1.82, 2.24) is 10.0 Å². The van der Waals surface area contributed by atoms with Crippen molar-refractivity contribution >= 4 is 15.9 Å². The van der Waals surface area contributed by atoms with Gasteiger partial charge in [-0.2, -0.15) is 0 Å². The number of amides is 1. The molecule has 0 unspecified atom stereocenters. The molecule has 2 rings (SSSR count). The molecule has 0 heterocycles. The van der Waals surface area contributed by atoms with Crippen molar-refractivity contribution in [1.29, 1.82) is 0 Å². The van der Waals surface area contributed by atoms with Crippen LogP contribution in [0.4, 0.5) is 13.2 Å². The molecule has 0 saturated carbocycles. The third-order valence-corrected chi connectivity index (χ3v) is 5.55. The smallest absolute Gasteiger partial charge is 0.405 e. The van der Waals surface area contributed by atoms with Crippen LogP contribution in [0.2, 0.25) is 0 Å². The average molecular weight is 430 g/mol. The molecular formula is C19H21F3N2O4S. The number of ether oxygens (including phenoxy) is 1. The van der Waals surface area contributed by atoms with Gasteiger partial charge < -0.3 is 10.1 Å². The Balaban J connectivity index is 1.89. The molecule has 0 aliphatic carbocycles. The zero-order valence-electron chi connectivity index (χ0n) is 15.8. The molecule has 0 aliphatic heterocycles. The number of carbonyl (C=O) groups excluding carboxylic acids is 1. The van der Waals surface area contributed by atoms with E-state index in [1.807, 2.05) is 0 Å². The predicted octanol–water partition coefficient (Wildman–Crippen LogP) is 3.19. The lowest BCUT2D eigenvalue weighted by atomic mass is 10.2. The Kier molecular flexibility index (Phi) is 7.26. The minimum Gasteiger partial charge on any atom is -0.405 e. The van der Waals surface area contributed by atoms with E-state index >= 15 is 0 Å². The maximum atomic E-state index is 12.4. The fourth-order valence-electron chi connectivity index (χ4n) is 2.53. The Morgan fingerprint density at radius 1 is 1.10 bits per heavy atom. The number of alkyl halides is 3. The molecule has 6 nitrogen and oxygen atoms in total. The second kappa shape index (κ2) is 9.27. The van der Waals surface area contributed by atoms with Gasteiger partial charge in [0.1, 0.15) is 5.75 Å². The van der Waals surface area contributed by atoms with Gasteiger partial charge in [0.2, 0.25) is 15.9 Å². The highest BCUT2D eigenvalue weighted by molar-refractivity contribution is 7.89. The Morgan fingerprint density at radius 3 is 2.48 bits per heavy atom. The summed E-state index contributed by atoms with van der Waals surface area (Å²) in [5.41, 5.74) is 1.51. The average Bonchev–Trinajstić information content (AvgIpc) is 2.61. The minimum absolute atomic E-state index is 0.135. The molecule has 0 aromatic heterocycles. The van der Waals surface area contributed by atoms with E-state index in [0.29, 0.717) is 5.56 Å². The first-order valence-corrected chi connectivity index (χ1v) is 10.1. The van der Waals surface area contributed by atoms with Crippen molar-refractivity contribution in [2.24, 2.45) is 0 Å². The van der Waals surface area contributed by atoms with Gasteiger partial charge in [-0.1, -0.05) is 30.3 Å². The highest BCUT2D eigenvalue weighted by Gasteiger charge is 2.32. The molecule has 0 saturated heterocycles. The quantitative estimate of drug-likeness (QED) is 0.674. The highest BCUT2D eigenvalue weighted by Crippen LogP contribution is 2.26. The zero-order chi connectivity index (χ0) is 21.7. The summed E-state index contributed by atoms with van der Waals surface area (Å²) >= 11 is 0. The molecule has 2 N–H and O–H groups in total. The number of sulfonamides is 1. The molecule has 2 aromatic rings. The van der Waals surface area contributed by atoms with E-state index in [2.05, 4.69) is 14.8 Å². The number of hydrogen-bond acceptors (Lipinski definition) is 4. The summed E-state index contributed by atoms with van der Waals surface area (Å²) in [6, 6.07) is 10.5. The number of aryl methyl sites for hydroxylation is 2. The molecule has 0 radical (unpaired) electrons. The topological polar surface area (TPSA) is 84.5 Å². The first-order valence-electron chi connectivity index (χ1n) is 8.65. The Bertz CT molecular complexity index is 976. The first kappa shape index (κ1) is 22.7. The Labute approximate surface area is 167 Å². The van der Waals surface area contributed by atoms with Gasteiger partial charge in [0, 0.05) is 25.1 Å². The molecule has 29 heavy (non-hydrogen) atoms. The maximum Gasteiger partial charge on any atom is 0.573 e. The highest BCUT2D eigenvalue weighted by atomic mass is 32.2. The monoisotopic (exact) mass is 430 g/mol. The van der Waals surface area contributed by atoms with Crippen molar-refractivity contribution in [3.05, 3.63) is 59.2 Å². The molecule has 1 amide bonds. The minimum atomic E-state index is -4.84. The van der Waals surface area contributed by atoms with Crippen molar-refractivity contribution in [2.75, 3.05) is 6.54 Å². The predicted molar refractivity (Wildman–Crippen MR) is 101 cm³/mol. The summed E-state index contributed by atoms with van der Waals surface area (Å²) in [5.74, 6) is -0.925. The van der Waals surface area contributed by atoms with E-state index in [1.165, 1.54) is 24.3 Å². The third-order valence-electron chi connectivity index (χ3n) is 3.95. The van der Waals surface area contributed by atoms with Crippen LogP contribution in [0.3, 0.4) is 0 Å².